The standard InChI is InChI=1S/C10H17N3S2/c1-7(11-3)8-12-13-9(15-8)10(2)5-4-6-14-10/h7,11H,4-6H2,1-3H3. The third-order valence-corrected chi connectivity index (χ3v) is 5.94. The van der Waals surface area contributed by atoms with Gasteiger partial charge >= 0.3 is 0 Å². The molecule has 1 aromatic heterocycles. The van der Waals surface area contributed by atoms with Crippen molar-refractivity contribution in [3.05, 3.63) is 10.0 Å². The van der Waals surface area contributed by atoms with Gasteiger partial charge in [0, 0.05) is 0 Å². The summed E-state index contributed by atoms with van der Waals surface area (Å²) >= 11 is 3.77. The average molecular weight is 243 g/mol. The van der Waals surface area contributed by atoms with Gasteiger partial charge in [-0.2, -0.15) is 0 Å². The van der Waals surface area contributed by atoms with E-state index in [4.69, 9.17) is 0 Å². The molecule has 5 heteroatoms. The van der Waals surface area contributed by atoms with Crippen LogP contribution in [0, 0.1) is 0 Å². The van der Waals surface area contributed by atoms with Gasteiger partial charge in [0.15, 0.2) is 0 Å². The van der Waals surface area contributed by atoms with Crippen molar-refractivity contribution in [1.82, 2.24) is 15.5 Å². The van der Waals surface area contributed by atoms with Gasteiger partial charge in [0.2, 0.25) is 0 Å². The zero-order valence-electron chi connectivity index (χ0n) is 9.41. The van der Waals surface area contributed by atoms with E-state index in [1.54, 1.807) is 11.3 Å². The van der Waals surface area contributed by atoms with Crippen molar-refractivity contribution >= 4 is 23.1 Å². The van der Waals surface area contributed by atoms with Crippen LogP contribution in [0.1, 0.15) is 42.7 Å². The maximum atomic E-state index is 4.35. The normalized spacial score (nSPS) is 28.2. The number of rotatable bonds is 3. The van der Waals surface area contributed by atoms with Crippen LogP contribution < -0.4 is 5.32 Å². The molecule has 2 heterocycles. The Morgan fingerprint density at radius 3 is 2.87 bits per heavy atom. The molecule has 2 atom stereocenters. The molecule has 0 spiro atoms. The highest BCUT2D eigenvalue weighted by Gasteiger charge is 2.35. The lowest BCUT2D eigenvalue weighted by molar-refractivity contribution is 0.622. The van der Waals surface area contributed by atoms with E-state index in [2.05, 4.69) is 29.4 Å². The van der Waals surface area contributed by atoms with Crippen molar-refractivity contribution in [3.8, 4) is 0 Å². The maximum Gasteiger partial charge on any atom is 0.134 e. The number of nitrogens with one attached hydrogen (secondary N) is 1. The zero-order chi connectivity index (χ0) is 10.9. The summed E-state index contributed by atoms with van der Waals surface area (Å²) in [5, 5.41) is 14.1. The van der Waals surface area contributed by atoms with Gasteiger partial charge in [-0.3, -0.25) is 0 Å². The molecule has 0 aliphatic carbocycles. The summed E-state index contributed by atoms with van der Waals surface area (Å²) in [5.41, 5.74) is 0. The predicted octanol–water partition coefficient (Wildman–Crippen LogP) is 2.56. The number of thioether (sulfide) groups is 1. The van der Waals surface area contributed by atoms with Crippen molar-refractivity contribution in [2.75, 3.05) is 12.8 Å². The van der Waals surface area contributed by atoms with Crippen molar-refractivity contribution in [1.29, 1.82) is 0 Å². The van der Waals surface area contributed by atoms with Crippen LogP contribution in [0.15, 0.2) is 0 Å². The molecule has 84 valence electrons. The summed E-state index contributed by atoms with van der Waals surface area (Å²) in [7, 11) is 1.96. The second-order valence-corrected chi connectivity index (χ2v) is 6.75. The molecule has 1 saturated heterocycles. The van der Waals surface area contributed by atoms with Crippen molar-refractivity contribution in [2.24, 2.45) is 0 Å². The molecule has 0 bridgehead atoms. The largest absolute Gasteiger partial charge is 0.311 e. The molecule has 1 N–H and O–H groups in total. The first-order chi connectivity index (χ1) is 7.15. The van der Waals surface area contributed by atoms with Crippen LogP contribution in [0.2, 0.25) is 0 Å². The van der Waals surface area contributed by atoms with Crippen LogP contribution >= 0.6 is 23.1 Å². The number of nitrogens with zero attached hydrogens (tertiary/aromatic N) is 2. The van der Waals surface area contributed by atoms with E-state index in [1.807, 2.05) is 18.8 Å². The minimum Gasteiger partial charge on any atom is -0.311 e. The van der Waals surface area contributed by atoms with Gasteiger partial charge in [0.05, 0.1) is 10.8 Å². The molecule has 1 aliphatic rings. The third kappa shape index (κ3) is 2.19. The molecule has 1 fully saturated rings. The van der Waals surface area contributed by atoms with Crippen LogP contribution in [0.4, 0.5) is 0 Å². The Morgan fingerprint density at radius 2 is 2.27 bits per heavy atom. The van der Waals surface area contributed by atoms with Crippen molar-refractivity contribution in [3.63, 3.8) is 0 Å². The van der Waals surface area contributed by atoms with E-state index < -0.39 is 0 Å². The molecular formula is C10H17N3S2. The Bertz CT molecular complexity index is 331. The second kappa shape index (κ2) is 4.39. The molecule has 1 aliphatic heterocycles. The number of hydrogen-bond acceptors (Lipinski definition) is 5. The summed E-state index contributed by atoms with van der Waals surface area (Å²) in [6.07, 6.45) is 2.54. The van der Waals surface area contributed by atoms with Crippen LogP contribution in [-0.2, 0) is 4.75 Å². The Morgan fingerprint density at radius 1 is 1.47 bits per heavy atom. The van der Waals surface area contributed by atoms with Gasteiger partial charge < -0.3 is 5.32 Å². The number of aromatic nitrogens is 2. The molecule has 0 radical (unpaired) electrons. The molecule has 1 aromatic rings. The highest BCUT2D eigenvalue weighted by Crippen LogP contribution is 2.47. The van der Waals surface area contributed by atoms with Crippen LogP contribution in [-0.4, -0.2) is 23.0 Å². The zero-order valence-corrected chi connectivity index (χ0v) is 11.0. The summed E-state index contributed by atoms with van der Waals surface area (Å²) in [6, 6.07) is 0.311. The average Bonchev–Trinajstić information content (AvgIpc) is 2.85. The Kier molecular flexibility index (Phi) is 3.33. The maximum absolute atomic E-state index is 4.35. The molecule has 0 aromatic carbocycles. The lowest BCUT2D eigenvalue weighted by Crippen LogP contribution is -2.12. The molecule has 2 unspecified atom stereocenters. The van der Waals surface area contributed by atoms with Crippen molar-refractivity contribution in [2.45, 2.75) is 37.5 Å². The fourth-order valence-electron chi connectivity index (χ4n) is 1.69. The lowest BCUT2D eigenvalue weighted by atomic mass is 10.1. The molecule has 15 heavy (non-hydrogen) atoms. The number of hydrogen-bond donors (Lipinski definition) is 1. The first-order valence-corrected chi connectivity index (χ1v) is 7.11. The molecule has 0 saturated carbocycles. The topological polar surface area (TPSA) is 37.8 Å². The van der Waals surface area contributed by atoms with Gasteiger partial charge in [-0.05, 0) is 39.5 Å². The Hall–Kier alpha value is -0.130. The van der Waals surface area contributed by atoms with E-state index in [-0.39, 0.29) is 4.75 Å². The molecule has 3 nitrogen and oxygen atoms in total. The predicted molar refractivity (Wildman–Crippen MR) is 66.4 cm³/mol. The smallest absolute Gasteiger partial charge is 0.134 e. The van der Waals surface area contributed by atoms with Gasteiger partial charge in [-0.1, -0.05) is 11.3 Å². The van der Waals surface area contributed by atoms with Gasteiger partial charge in [-0.15, -0.1) is 22.0 Å². The molecule has 0 amide bonds. The first kappa shape index (κ1) is 11.4. The quantitative estimate of drug-likeness (QED) is 0.885. The van der Waals surface area contributed by atoms with Gasteiger partial charge in [-0.25, -0.2) is 0 Å². The van der Waals surface area contributed by atoms with E-state index in [9.17, 15) is 0 Å². The fraction of sp³-hybridized carbons (Fsp3) is 0.800. The summed E-state index contributed by atoms with van der Waals surface area (Å²) < 4.78 is 0.226. The van der Waals surface area contributed by atoms with E-state index in [1.165, 1.54) is 23.6 Å². The SMILES string of the molecule is CNC(C)c1nnc(C2(C)CCCS2)s1. The highest BCUT2D eigenvalue weighted by atomic mass is 32.2. The summed E-state index contributed by atoms with van der Waals surface area (Å²) in [6.45, 7) is 4.41. The van der Waals surface area contributed by atoms with Crippen LogP contribution in [0.5, 0.6) is 0 Å². The van der Waals surface area contributed by atoms with E-state index in [0.717, 1.165) is 5.01 Å². The first-order valence-electron chi connectivity index (χ1n) is 5.31. The summed E-state index contributed by atoms with van der Waals surface area (Å²) in [5.74, 6) is 1.26. The van der Waals surface area contributed by atoms with E-state index in [0.29, 0.717) is 6.04 Å². The fourth-order valence-corrected chi connectivity index (χ4v) is 4.16. The third-order valence-electron chi connectivity index (χ3n) is 2.92. The molecular weight excluding hydrogens is 226 g/mol. The lowest BCUT2D eigenvalue weighted by Gasteiger charge is -2.18. The van der Waals surface area contributed by atoms with Crippen LogP contribution in [0.3, 0.4) is 0 Å². The monoisotopic (exact) mass is 243 g/mol. The minimum atomic E-state index is 0.226. The van der Waals surface area contributed by atoms with Crippen molar-refractivity contribution < 1.29 is 0 Å². The van der Waals surface area contributed by atoms with Gasteiger partial charge in [0.1, 0.15) is 10.0 Å². The second-order valence-electron chi connectivity index (χ2n) is 4.14. The molecule has 2 rings (SSSR count). The van der Waals surface area contributed by atoms with Gasteiger partial charge in [0.25, 0.3) is 0 Å². The van der Waals surface area contributed by atoms with E-state index >= 15 is 0 Å². The minimum absolute atomic E-state index is 0.226. The van der Waals surface area contributed by atoms with Crippen LogP contribution in [0.25, 0.3) is 0 Å². The Balaban J connectivity index is 2.19. The Labute approximate surface area is 99.1 Å². The summed E-state index contributed by atoms with van der Waals surface area (Å²) in [4.78, 5) is 0. The highest BCUT2D eigenvalue weighted by molar-refractivity contribution is 8.00.